The summed E-state index contributed by atoms with van der Waals surface area (Å²) in [4.78, 5) is 0.322. The summed E-state index contributed by atoms with van der Waals surface area (Å²) >= 11 is 9.08. The summed E-state index contributed by atoms with van der Waals surface area (Å²) in [6.45, 7) is 0. The minimum Gasteiger partial charge on any atom is -0.787 e. The van der Waals surface area contributed by atoms with Gasteiger partial charge >= 0.3 is 0 Å². The summed E-state index contributed by atoms with van der Waals surface area (Å²) in [5.74, 6) is 0.0323. The Balaban J connectivity index is 3.28. The molecule has 11 heavy (non-hydrogen) atoms. The van der Waals surface area contributed by atoms with Crippen LogP contribution in [0.4, 0.5) is 0 Å². The molecule has 60 valence electrons. The monoisotopic (exact) mass is 205 g/mol. The molecule has 0 spiro atoms. The Hall–Kier alpha value is -0.230. The molecule has 1 aromatic carbocycles. The zero-order chi connectivity index (χ0) is 8.48. The van der Waals surface area contributed by atoms with E-state index in [9.17, 15) is 4.55 Å². The van der Waals surface area contributed by atoms with Gasteiger partial charge in [-0.2, -0.15) is 0 Å². The molecule has 0 heterocycles. The number of hydrogen-bond acceptors (Lipinski definition) is 4. The van der Waals surface area contributed by atoms with Gasteiger partial charge in [0, 0.05) is 4.90 Å². The first kappa shape index (κ1) is 8.86. The van der Waals surface area contributed by atoms with Crippen molar-refractivity contribution in [1.29, 1.82) is 0 Å². The van der Waals surface area contributed by atoms with Gasteiger partial charge in [0.15, 0.2) is 0 Å². The van der Waals surface area contributed by atoms with E-state index in [1.807, 2.05) is 0 Å². The van der Waals surface area contributed by atoms with Gasteiger partial charge in [-0.3, -0.25) is 0 Å². The summed E-state index contributed by atoms with van der Waals surface area (Å²) in [6.07, 6.45) is 0. The van der Waals surface area contributed by atoms with E-state index in [1.165, 1.54) is 12.1 Å². The van der Waals surface area contributed by atoms with Crippen molar-refractivity contribution in [2.45, 2.75) is 4.90 Å². The van der Waals surface area contributed by atoms with Crippen molar-refractivity contribution in [3.05, 3.63) is 24.3 Å². The molecule has 0 aliphatic heterocycles. The molecule has 0 amide bonds. The van der Waals surface area contributed by atoms with Gasteiger partial charge in [-0.25, -0.2) is 0 Å². The van der Waals surface area contributed by atoms with Crippen molar-refractivity contribution >= 4 is 29.8 Å². The van der Waals surface area contributed by atoms with Crippen LogP contribution in [0.3, 0.4) is 0 Å². The van der Waals surface area contributed by atoms with Crippen molar-refractivity contribution in [3.63, 3.8) is 0 Å². The van der Waals surface area contributed by atoms with Gasteiger partial charge in [0.25, 0.3) is 0 Å². The van der Waals surface area contributed by atoms with Crippen LogP contribution >= 0.6 is 0 Å². The number of phenolic OH excluding ortho intramolecular Hbond substituents is 1. The maximum atomic E-state index is 11.1. The fourth-order valence-electron chi connectivity index (χ4n) is 0.639. The fraction of sp³-hybridized carbons (Fsp3) is 0. The summed E-state index contributed by atoms with van der Waals surface area (Å²) in [5.41, 5.74) is 0. The van der Waals surface area contributed by atoms with Gasteiger partial charge in [-0.1, -0.05) is 28.4 Å². The van der Waals surface area contributed by atoms with Crippen LogP contribution in [0.15, 0.2) is 29.2 Å². The molecule has 0 aliphatic carbocycles. The summed E-state index contributed by atoms with van der Waals surface area (Å²) in [6, 6.07) is 5.90. The second-order valence-corrected chi connectivity index (χ2v) is 6.78. The third-order valence-corrected chi connectivity index (χ3v) is 3.09. The van der Waals surface area contributed by atoms with Gasteiger partial charge in [-0.05, 0) is 18.2 Å². The molecule has 0 fully saturated rings. The Morgan fingerprint density at radius 3 is 2.36 bits per heavy atom. The first-order valence-electron chi connectivity index (χ1n) is 2.75. The molecule has 0 saturated heterocycles. The predicted octanol–water partition coefficient (Wildman–Crippen LogP) is 0.959. The third kappa shape index (κ3) is 2.37. The second kappa shape index (κ2) is 3.02. The Bertz CT molecular complexity index is 356. The van der Waals surface area contributed by atoms with Crippen LogP contribution in [-0.4, -0.2) is 9.66 Å². The molecule has 1 rings (SSSR count). The minimum atomic E-state index is -2.77. The topological polar surface area (TPSA) is 43.3 Å². The van der Waals surface area contributed by atoms with E-state index < -0.39 is 7.43 Å². The van der Waals surface area contributed by atoms with Gasteiger partial charge in [-0.15, -0.1) is 7.43 Å². The van der Waals surface area contributed by atoms with Crippen molar-refractivity contribution < 1.29 is 9.66 Å². The maximum Gasteiger partial charge on any atom is 0.116 e. The van der Waals surface area contributed by atoms with Gasteiger partial charge < -0.3 is 9.66 Å². The highest BCUT2D eigenvalue weighted by Gasteiger charge is 1.93. The van der Waals surface area contributed by atoms with E-state index in [2.05, 4.69) is 22.4 Å². The fourth-order valence-corrected chi connectivity index (χ4v) is 1.77. The summed E-state index contributed by atoms with van der Waals surface area (Å²) in [7, 11) is -2.77. The molecule has 1 aromatic rings. The van der Waals surface area contributed by atoms with Crippen LogP contribution in [-0.2, 0) is 29.8 Å². The van der Waals surface area contributed by atoms with Gasteiger partial charge in [0.2, 0.25) is 0 Å². The van der Waals surface area contributed by atoms with Crippen LogP contribution in [0.1, 0.15) is 0 Å². The largest absolute Gasteiger partial charge is 0.787 e. The van der Waals surface area contributed by atoms with Gasteiger partial charge in [0.1, 0.15) is 5.75 Å². The van der Waals surface area contributed by atoms with E-state index in [4.69, 9.17) is 5.11 Å². The SMILES string of the molecule is [O-]S(=S)(=S)c1cccc(O)c1. The number of phenols is 1. The lowest BCUT2D eigenvalue weighted by molar-refractivity contribution is 0.473. The zero-order valence-electron chi connectivity index (χ0n) is 5.39. The highest BCUT2D eigenvalue weighted by molar-refractivity contribution is 8.53. The van der Waals surface area contributed by atoms with Gasteiger partial charge in [0.05, 0.1) is 0 Å². The Kier molecular flexibility index (Phi) is 2.43. The first-order valence-corrected chi connectivity index (χ1v) is 6.16. The van der Waals surface area contributed by atoms with E-state index in [-0.39, 0.29) is 5.75 Å². The molecular weight excluding hydrogens is 200 g/mol. The molecule has 5 heteroatoms. The Labute approximate surface area is 74.5 Å². The molecule has 0 radical (unpaired) electrons. The van der Waals surface area contributed by atoms with Crippen molar-refractivity contribution in [2.24, 2.45) is 0 Å². The lowest BCUT2D eigenvalue weighted by Crippen LogP contribution is -1.93. The number of aromatic hydroxyl groups is 1. The van der Waals surface area contributed by atoms with Crippen LogP contribution in [0.5, 0.6) is 5.75 Å². The number of benzene rings is 1. The van der Waals surface area contributed by atoms with E-state index in [0.717, 1.165) is 0 Å². The summed E-state index contributed by atoms with van der Waals surface area (Å²) < 4.78 is 11.1. The van der Waals surface area contributed by atoms with E-state index in [1.54, 1.807) is 12.1 Å². The second-order valence-electron chi connectivity index (χ2n) is 1.95. The number of rotatable bonds is 1. The Morgan fingerprint density at radius 1 is 1.36 bits per heavy atom. The molecule has 0 aromatic heterocycles. The van der Waals surface area contributed by atoms with Crippen LogP contribution in [0, 0.1) is 0 Å². The predicted molar refractivity (Wildman–Crippen MR) is 49.2 cm³/mol. The molecule has 0 unspecified atom stereocenters. The molecule has 1 N–H and O–H groups in total. The standard InChI is InChI=1S/C6H6O2S3/c7-5-2-1-3-6(4-5)11(8,9)10/h1-4,7H,(H,8,9,10)/p-1. The molecule has 0 bridgehead atoms. The van der Waals surface area contributed by atoms with E-state index >= 15 is 0 Å². The third-order valence-electron chi connectivity index (χ3n) is 1.11. The molecule has 0 saturated carbocycles. The van der Waals surface area contributed by atoms with Crippen LogP contribution in [0.25, 0.3) is 0 Å². The average Bonchev–Trinajstić information content (AvgIpc) is 1.86. The highest BCUT2D eigenvalue weighted by atomic mass is 33.1. The van der Waals surface area contributed by atoms with E-state index in [0.29, 0.717) is 4.90 Å². The molecule has 0 aliphatic rings. The van der Waals surface area contributed by atoms with Crippen LogP contribution < -0.4 is 0 Å². The number of hydrogen-bond donors (Lipinski definition) is 1. The smallest absolute Gasteiger partial charge is 0.116 e. The molecule has 0 atom stereocenters. The summed E-state index contributed by atoms with van der Waals surface area (Å²) in [5, 5.41) is 8.96. The van der Waals surface area contributed by atoms with Crippen LogP contribution in [0.2, 0.25) is 0 Å². The Morgan fingerprint density at radius 2 is 2.00 bits per heavy atom. The van der Waals surface area contributed by atoms with Crippen molar-refractivity contribution in [3.8, 4) is 5.75 Å². The zero-order valence-corrected chi connectivity index (χ0v) is 7.84. The maximum absolute atomic E-state index is 11.1. The average molecular weight is 205 g/mol. The first-order chi connectivity index (χ1) is 5.00. The molecule has 2 nitrogen and oxygen atoms in total. The van der Waals surface area contributed by atoms with Crippen molar-refractivity contribution in [1.82, 2.24) is 0 Å². The van der Waals surface area contributed by atoms with Crippen molar-refractivity contribution in [2.75, 3.05) is 0 Å². The lowest BCUT2D eigenvalue weighted by atomic mass is 10.3. The minimum absolute atomic E-state index is 0.0323. The quantitative estimate of drug-likeness (QED) is 0.741. The highest BCUT2D eigenvalue weighted by Crippen LogP contribution is 2.15. The molecular formula is C6H5O2S3-. The normalized spacial score (nSPS) is 11.4. The lowest BCUT2D eigenvalue weighted by Gasteiger charge is -2.13.